The molecule has 0 aliphatic heterocycles. The van der Waals surface area contributed by atoms with Crippen molar-refractivity contribution >= 4 is 0 Å². The number of phenolic OH excluding ortho intramolecular Hbond substituents is 1. The Labute approximate surface area is 109 Å². The molecule has 3 heteroatoms. The number of rotatable bonds is 8. The Morgan fingerprint density at radius 2 is 1.67 bits per heavy atom. The topological polar surface area (TPSA) is 60.7 Å². The molecule has 0 atom stereocenters. The highest BCUT2D eigenvalue weighted by Crippen LogP contribution is 2.24. The van der Waals surface area contributed by atoms with Gasteiger partial charge in [0, 0.05) is 5.56 Å². The molecule has 0 amide bonds. The first-order valence-electron chi connectivity index (χ1n) is 6.83. The molecule has 0 bridgehead atoms. The molecular weight excluding hydrogens is 228 g/mol. The van der Waals surface area contributed by atoms with Gasteiger partial charge in [0.15, 0.2) is 6.29 Å². The summed E-state index contributed by atoms with van der Waals surface area (Å²) in [4.78, 5) is 0. The number of benzene rings is 1. The summed E-state index contributed by atoms with van der Waals surface area (Å²) < 4.78 is 0. The van der Waals surface area contributed by atoms with Gasteiger partial charge >= 0.3 is 0 Å². The Morgan fingerprint density at radius 3 is 2.33 bits per heavy atom. The highest BCUT2D eigenvalue weighted by Gasteiger charge is 2.09. The molecule has 1 rings (SSSR count). The van der Waals surface area contributed by atoms with E-state index in [0.29, 0.717) is 0 Å². The van der Waals surface area contributed by atoms with Crippen molar-refractivity contribution in [1.29, 1.82) is 0 Å². The van der Waals surface area contributed by atoms with Crippen LogP contribution in [0.15, 0.2) is 18.2 Å². The molecule has 0 heterocycles. The lowest BCUT2D eigenvalue weighted by Crippen LogP contribution is -1.97. The number of unbranched alkanes of at least 4 members (excludes halogenated alkanes) is 5. The van der Waals surface area contributed by atoms with Crippen LogP contribution in [-0.2, 0) is 6.42 Å². The van der Waals surface area contributed by atoms with E-state index in [4.69, 9.17) is 10.2 Å². The van der Waals surface area contributed by atoms with Gasteiger partial charge < -0.3 is 15.3 Å². The van der Waals surface area contributed by atoms with Crippen LogP contribution in [0.25, 0.3) is 0 Å². The van der Waals surface area contributed by atoms with Crippen molar-refractivity contribution in [2.45, 2.75) is 58.2 Å². The molecule has 1 aromatic rings. The summed E-state index contributed by atoms with van der Waals surface area (Å²) in [7, 11) is 0. The van der Waals surface area contributed by atoms with Gasteiger partial charge in [0.25, 0.3) is 0 Å². The molecule has 0 fully saturated rings. The van der Waals surface area contributed by atoms with Crippen molar-refractivity contribution < 1.29 is 15.3 Å². The molecule has 102 valence electrons. The standard InChI is InChI=1S/C15H24O3/c1-2-3-4-5-6-7-8-12-9-10-14(16)13(11-12)15(17)18/h9-11,15-18H,2-8H2,1H3. The lowest BCUT2D eigenvalue weighted by atomic mass is 10.0. The van der Waals surface area contributed by atoms with Crippen LogP contribution in [0.5, 0.6) is 5.75 Å². The molecule has 3 nitrogen and oxygen atoms in total. The SMILES string of the molecule is CCCCCCCCc1ccc(O)c(C(O)O)c1. The quantitative estimate of drug-likeness (QED) is 0.491. The van der Waals surface area contributed by atoms with Crippen molar-refractivity contribution in [2.75, 3.05) is 0 Å². The minimum atomic E-state index is -1.60. The summed E-state index contributed by atoms with van der Waals surface area (Å²) in [6, 6.07) is 5.04. The summed E-state index contributed by atoms with van der Waals surface area (Å²) in [6.45, 7) is 2.21. The average molecular weight is 252 g/mol. The van der Waals surface area contributed by atoms with Crippen molar-refractivity contribution in [3.05, 3.63) is 29.3 Å². The molecule has 3 N–H and O–H groups in total. The molecular formula is C15H24O3. The maximum Gasteiger partial charge on any atom is 0.182 e. The van der Waals surface area contributed by atoms with Gasteiger partial charge in [0.2, 0.25) is 0 Å². The second kappa shape index (κ2) is 8.11. The first kappa shape index (κ1) is 15.0. The van der Waals surface area contributed by atoms with E-state index in [1.165, 1.54) is 38.2 Å². The Hall–Kier alpha value is -1.06. The zero-order chi connectivity index (χ0) is 13.4. The van der Waals surface area contributed by atoms with E-state index in [1.54, 1.807) is 6.07 Å². The highest BCUT2D eigenvalue weighted by atomic mass is 16.5. The highest BCUT2D eigenvalue weighted by molar-refractivity contribution is 5.36. The van der Waals surface area contributed by atoms with Crippen molar-refractivity contribution in [1.82, 2.24) is 0 Å². The van der Waals surface area contributed by atoms with Crippen LogP contribution >= 0.6 is 0 Å². The van der Waals surface area contributed by atoms with Gasteiger partial charge in [0.05, 0.1) is 0 Å². The summed E-state index contributed by atoms with van der Waals surface area (Å²) in [5.74, 6) is -0.0586. The van der Waals surface area contributed by atoms with Crippen molar-refractivity contribution in [2.24, 2.45) is 0 Å². The van der Waals surface area contributed by atoms with Crippen LogP contribution in [0.3, 0.4) is 0 Å². The second-order valence-electron chi connectivity index (χ2n) is 4.78. The largest absolute Gasteiger partial charge is 0.507 e. The first-order chi connectivity index (χ1) is 8.65. The van der Waals surface area contributed by atoms with E-state index < -0.39 is 6.29 Å². The lowest BCUT2D eigenvalue weighted by Gasteiger charge is -2.09. The van der Waals surface area contributed by atoms with Crippen LogP contribution < -0.4 is 0 Å². The molecule has 0 saturated carbocycles. The van der Waals surface area contributed by atoms with Gasteiger partial charge in [-0.2, -0.15) is 0 Å². The number of aromatic hydroxyl groups is 1. The fourth-order valence-electron chi connectivity index (χ4n) is 2.08. The minimum Gasteiger partial charge on any atom is -0.507 e. The summed E-state index contributed by atoms with van der Waals surface area (Å²) in [6.07, 6.45) is 6.76. The van der Waals surface area contributed by atoms with Gasteiger partial charge in [-0.3, -0.25) is 0 Å². The smallest absolute Gasteiger partial charge is 0.182 e. The normalized spacial score (nSPS) is 11.1. The predicted molar refractivity (Wildman–Crippen MR) is 72.4 cm³/mol. The van der Waals surface area contributed by atoms with E-state index in [-0.39, 0.29) is 11.3 Å². The van der Waals surface area contributed by atoms with Crippen LogP contribution in [0.2, 0.25) is 0 Å². The van der Waals surface area contributed by atoms with Gasteiger partial charge in [0.1, 0.15) is 5.75 Å². The van der Waals surface area contributed by atoms with E-state index in [9.17, 15) is 5.11 Å². The summed E-state index contributed by atoms with van der Waals surface area (Å²) in [5, 5.41) is 27.6. The Kier molecular flexibility index (Phi) is 6.76. The number of aliphatic hydroxyl groups is 2. The lowest BCUT2D eigenvalue weighted by molar-refractivity contribution is -0.0439. The first-order valence-corrected chi connectivity index (χ1v) is 6.83. The van der Waals surface area contributed by atoms with Gasteiger partial charge in [-0.1, -0.05) is 45.1 Å². The zero-order valence-electron chi connectivity index (χ0n) is 11.1. The van der Waals surface area contributed by atoms with E-state index in [1.807, 2.05) is 6.07 Å². The fraction of sp³-hybridized carbons (Fsp3) is 0.600. The number of phenols is 1. The molecule has 0 spiro atoms. The maximum absolute atomic E-state index is 9.45. The van der Waals surface area contributed by atoms with E-state index >= 15 is 0 Å². The van der Waals surface area contributed by atoms with Crippen molar-refractivity contribution in [3.63, 3.8) is 0 Å². The Morgan fingerprint density at radius 1 is 1.00 bits per heavy atom. The van der Waals surface area contributed by atoms with Crippen LogP contribution in [-0.4, -0.2) is 15.3 Å². The van der Waals surface area contributed by atoms with Gasteiger partial charge in [-0.15, -0.1) is 0 Å². The molecule has 1 aromatic carbocycles. The average Bonchev–Trinajstić information content (AvgIpc) is 2.35. The number of hydrogen-bond donors (Lipinski definition) is 3. The Bertz CT molecular complexity index is 348. The van der Waals surface area contributed by atoms with Gasteiger partial charge in [-0.05, 0) is 30.5 Å². The molecule has 18 heavy (non-hydrogen) atoms. The fourth-order valence-corrected chi connectivity index (χ4v) is 2.08. The maximum atomic E-state index is 9.45. The molecule has 0 radical (unpaired) electrons. The van der Waals surface area contributed by atoms with Crippen molar-refractivity contribution in [3.8, 4) is 5.75 Å². The van der Waals surface area contributed by atoms with E-state index in [2.05, 4.69) is 6.92 Å². The summed E-state index contributed by atoms with van der Waals surface area (Å²) >= 11 is 0. The molecule has 0 aliphatic carbocycles. The van der Waals surface area contributed by atoms with Crippen LogP contribution in [0, 0.1) is 0 Å². The summed E-state index contributed by atoms with van der Waals surface area (Å²) in [5.41, 5.74) is 1.24. The van der Waals surface area contributed by atoms with Crippen LogP contribution in [0.1, 0.15) is 62.9 Å². The molecule has 0 aliphatic rings. The zero-order valence-corrected chi connectivity index (χ0v) is 11.1. The third-order valence-corrected chi connectivity index (χ3v) is 3.19. The Balaban J connectivity index is 2.36. The number of hydrogen-bond acceptors (Lipinski definition) is 3. The predicted octanol–water partition coefficient (Wildman–Crippen LogP) is 3.28. The number of aliphatic hydroxyl groups excluding tert-OH is 1. The second-order valence-corrected chi connectivity index (χ2v) is 4.78. The minimum absolute atomic E-state index is 0.0586. The third kappa shape index (κ3) is 5.07. The molecule has 0 saturated heterocycles. The van der Waals surface area contributed by atoms with Crippen LogP contribution in [0.4, 0.5) is 0 Å². The number of aryl methyl sites for hydroxylation is 1. The third-order valence-electron chi connectivity index (χ3n) is 3.19. The molecule has 0 unspecified atom stereocenters. The monoisotopic (exact) mass is 252 g/mol. The van der Waals surface area contributed by atoms with E-state index in [0.717, 1.165) is 18.4 Å². The molecule has 0 aromatic heterocycles. The van der Waals surface area contributed by atoms with Gasteiger partial charge in [-0.25, -0.2) is 0 Å².